The topological polar surface area (TPSA) is 73.4 Å². The Morgan fingerprint density at radius 2 is 2.06 bits per heavy atom. The molecule has 0 bridgehead atoms. The highest BCUT2D eigenvalue weighted by molar-refractivity contribution is 7.89. The highest BCUT2D eigenvalue weighted by Crippen LogP contribution is 2.21. The van der Waals surface area contributed by atoms with Crippen molar-refractivity contribution in [2.75, 3.05) is 19.7 Å². The van der Waals surface area contributed by atoms with Crippen molar-refractivity contribution in [1.82, 2.24) is 9.29 Å². The molecule has 0 aliphatic carbocycles. The van der Waals surface area contributed by atoms with E-state index >= 15 is 0 Å². The second-order valence-electron chi connectivity index (χ2n) is 3.22. The maximum absolute atomic E-state index is 12.2. The van der Waals surface area contributed by atoms with E-state index < -0.39 is 35.9 Å². The number of aromatic amines is 1. The van der Waals surface area contributed by atoms with Gasteiger partial charge in [-0.1, -0.05) is 0 Å². The summed E-state index contributed by atoms with van der Waals surface area (Å²) in [7, 11) is -4.23. The Labute approximate surface area is 95.9 Å². The first kappa shape index (κ1) is 14.0. The number of aromatic nitrogens is 1. The molecule has 5 nitrogen and oxygen atoms in total. The Morgan fingerprint density at radius 1 is 1.41 bits per heavy atom. The van der Waals surface area contributed by atoms with Crippen molar-refractivity contribution in [3.8, 4) is 0 Å². The van der Waals surface area contributed by atoms with Crippen LogP contribution in [0.1, 0.15) is 0 Å². The molecular formula is C8H11F3N2O3S. The first-order valence-corrected chi connectivity index (χ1v) is 6.02. The van der Waals surface area contributed by atoms with Crippen LogP contribution in [0, 0.1) is 0 Å². The number of nitrogens with zero attached hydrogens (tertiary/aromatic N) is 1. The first-order valence-electron chi connectivity index (χ1n) is 4.58. The Balaban J connectivity index is 2.99. The van der Waals surface area contributed by atoms with Crippen LogP contribution in [0.3, 0.4) is 0 Å². The zero-order chi connectivity index (χ0) is 13.1. The summed E-state index contributed by atoms with van der Waals surface area (Å²) < 4.78 is 60.3. The average molecular weight is 272 g/mol. The lowest BCUT2D eigenvalue weighted by molar-refractivity contribution is -0.136. The second kappa shape index (κ2) is 5.07. The second-order valence-corrected chi connectivity index (χ2v) is 5.16. The molecule has 2 N–H and O–H groups in total. The zero-order valence-corrected chi connectivity index (χ0v) is 9.42. The molecule has 1 heterocycles. The smallest absolute Gasteiger partial charge is 0.395 e. The number of H-pyrrole nitrogens is 1. The van der Waals surface area contributed by atoms with E-state index in [0.717, 1.165) is 12.3 Å². The number of sulfonamides is 1. The van der Waals surface area contributed by atoms with Crippen LogP contribution in [0.25, 0.3) is 0 Å². The standard InChI is InChI=1S/C8H11F3N2O3S/c9-8(10,11)6-13(3-4-14)17(15,16)7-1-2-12-5-7/h1-2,5,12,14H,3-4,6H2. The van der Waals surface area contributed by atoms with Gasteiger partial charge in [0.1, 0.15) is 6.54 Å². The molecule has 0 aliphatic heterocycles. The number of alkyl halides is 3. The van der Waals surface area contributed by atoms with Crippen LogP contribution in [0.2, 0.25) is 0 Å². The molecule has 1 rings (SSSR count). The highest BCUT2D eigenvalue weighted by Gasteiger charge is 2.36. The van der Waals surface area contributed by atoms with Crippen LogP contribution < -0.4 is 0 Å². The molecule has 0 saturated heterocycles. The van der Waals surface area contributed by atoms with E-state index in [9.17, 15) is 21.6 Å². The third kappa shape index (κ3) is 3.72. The van der Waals surface area contributed by atoms with Crippen molar-refractivity contribution in [3.63, 3.8) is 0 Å². The van der Waals surface area contributed by atoms with Crippen molar-refractivity contribution in [3.05, 3.63) is 18.5 Å². The summed E-state index contributed by atoms with van der Waals surface area (Å²) in [5.41, 5.74) is 0. The van der Waals surface area contributed by atoms with Crippen molar-refractivity contribution in [1.29, 1.82) is 0 Å². The first-order chi connectivity index (χ1) is 7.77. The fourth-order valence-corrected chi connectivity index (χ4v) is 2.61. The summed E-state index contributed by atoms with van der Waals surface area (Å²) in [5, 5.41) is 8.61. The molecule has 0 saturated carbocycles. The molecule has 0 fully saturated rings. The van der Waals surface area contributed by atoms with Crippen molar-refractivity contribution >= 4 is 10.0 Å². The van der Waals surface area contributed by atoms with Crippen molar-refractivity contribution in [2.24, 2.45) is 0 Å². The summed E-state index contributed by atoms with van der Waals surface area (Å²) in [4.78, 5) is 2.18. The van der Waals surface area contributed by atoms with Gasteiger partial charge in [0.05, 0.1) is 11.5 Å². The van der Waals surface area contributed by atoms with Gasteiger partial charge >= 0.3 is 6.18 Å². The van der Waals surface area contributed by atoms with E-state index in [1.54, 1.807) is 0 Å². The van der Waals surface area contributed by atoms with Gasteiger partial charge in [-0.15, -0.1) is 0 Å². The SMILES string of the molecule is O=S(=O)(c1cc[nH]c1)N(CCO)CC(F)(F)F. The summed E-state index contributed by atoms with van der Waals surface area (Å²) in [6.07, 6.45) is -2.29. The molecule has 0 spiro atoms. The number of hydrogen-bond donors (Lipinski definition) is 2. The van der Waals surface area contributed by atoms with Gasteiger partial charge in [0.2, 0.25) is 10.0 Å². The van der Waals surface area contributed by atoms with E-state index in [0.29, 0.717) is 0 Å². The molecule has 0 aromatic carbocycles. The number of rotatable bonds is 5. The molecule has 0 radical (unpaired) electrons. The van der Waals surface area contributed by atoms with Crippen LogP contribution in [-0.2, 0) is 10.0 Å². The average Bonchev–Trinajstić information content (AvgIpc) is 2.68. The van der Waals surface area contributed by atoms with Gasteiger partial charge in [-0.3, -0.25) is 0 Å². The molecule has 0 unspecified atom stereocenters. The molecular weight excluding hydrogens is 261 g/mol. The lowest BCUT2D eigenvalue weighted by Crippen LogP contribution is -2.40. The Hall–Kier alpha value is -1.06. The largest absolute Gasteiger partial charge is 0.402 e. The van der Waals surface area contributed by atoms with Crippen LogP contribution in [-0.4, -0.2) is 48.7 Å². The Kier molecular flexibility index (Phi) is 4.17. The number of nitrogens with one attached hydrogen (secondary N) is 1. The summed E-state index contributed by atoms with van der Waals surface area (Å²) in [6.45, 7) is -2.91. The number of aliphatic hydroxyl groups excluding tert-OH is 1. The minimum atomic E-state index is -4.65. The molecule has 0 atom stereocenters. The maximum Gasteiger partial charge on any atom is 0.402 e. The van der Waals surface area contributed by atoms with Gasteiger partial charge in [-0.2, -0.15) is 17.5 Å². The molecule has 1 aromatic rings. The Morgan fingerprint density at radius 3 is 2.47 bits per heavy atom. The van der Waals surface area contributed by atoms with E-state index in [2.05, 4.69) is 4.98 Å². The molecule has 1 aromatic heterocycles. The van der Waals surface area contributed by atoms with Gasteiger partial charge in [0, 0.05) is 18.9 Å². The number of hydrogen-bond acceptors (Lipinski definition) is 3. The molecule has 0 aliphatic rings. The van der Waals surface area contributed by atoms with Crippen molar-refractivity contribution < 1.29 is 26.7 Å². The van der Waals surface area contributed by atoms with Crippen LogP contribution in [0.5, 0.6) is 0 Å². The predicted octanol–water partition coefficient (Wildman–Crippen LogP) is 0.560. The third-order valence-electron chi connectivity index (χ3n) is 1.91. The maximum atomic E-state index is 12.2. The van der Waals surface area contributed by atoms with Crippen LogP contribution >= 0.6 is 0 Å². The quantitative estimate of drug-likeness (QED) is 0.822. The fourth-order valence-electron chi connectivity index (χ4n) is 1.21. The van der Waals surface area contributed by atoms with E-state index in [1.807, 2.05) is 0 Å². The summed E-state index contributed by atoms with van der Waals surface area (Å²) in [6, 6.07) is 1.15. The minimum Gasteiger partial charge on any atom is -0.395 e. The van der Waals surface area contributed by atoms with Gasteiger partial charge < -0.3 is 10.1 Å². The highest BCUT2D eigenvalue weighted by atomic mass is 32.2. The molecule has 17 heavy (non-hydrogen) atoms. The lowest BCUT2D eigenvalue weighted by atomic mass is 10.6. The summed E-state index contributed by atoms with van der Waals surface area (Å²) >= 11 is 0. The third-order valence-corrected chi connectivity index (χ3v) is 3.75. The van der Waals surface area contributed by atoms with E-state index in [1.165, 1.54) is 6.20 Å². The molecule has 0 amide bonds. The summed E-state index contributed by atoms with van der Waals surface area (Å²) in [5.74, 6) is 0. The molecule has 9 heteroatoms. The zero-order valence-electron chi connectivity index (χ0n) is 8.61. The predicted molar refractivity (Wildman–Crippen MR) is 52.7 cm³/mol. The monoisotopic (exact) mass is 272 g/mol. The van der Waals surface area contributed by atoms with Gasteiger partial charge in [-0.25, -0.2) is 8.42 Å². The van der Waals surface area contributed by atoms with E-state index in [-0.39, 0.29) is 9.20 Å². The van der Waals surface area contributed by atoms with Crippen LogP contribution in [0.15, 0.2) is 23.4 Å². The minimum absolute atomic E-state index is 0.191. The van der Waals surface area contributed by atoms with Crippen molar-refractivity contribution in [2.45, 2.75) is 11.1 Å². The number of halogens is 3. The number of aliphatic hydroxyl groups is 1. The fraction of sp³-hybridized carbons (Fsp3) is 0.500. The Bertz CT molecular complexity index is 441. The van der Waals surface area contributed by atoms with Crippen LogP contribution in [0.4, 0.5) is 13.2 Å². The molecule has 98 valence electrons. The van der Waals surface area contributed by atoms with Gasteiger partial charge in [-0.05, 0) is 6.07 Å². The lowest BCUT2D eigenvalue weighted by Gasteiger charge is -2.21. The van der Waals surface area contributed by atoms with Gasteiger partial charge in [0.25, 0.3) is 0 Å². The van der Waals surface area contributed by atoms with E-state index in [4.69, 9.17) is 5.11 Å². The van der Waals surface area contributed by atoms with Gasteiger partial charge in [0.15, 0.2) is 0 Å². The normalized spacial score (nSPS) is 13.2.